The van der Waals surface area contributed by atoms with Crippen molar-refractivity contribution in [2.75, 3.05) is 18.4 Å². The number of amides is 2. The maximum Gasteiger partial charge on any atom is 0.253 e. The lowest BCUT2D eigenvalue weighted by Crippen LogP contribution is -2.37. The fourth-order valence-electron chi connectivity index (χ4n) is 2.44. The lowest BCUT2D eigenvalue weighted by atomic mass is 9.98. The summed E-state index contributed by atoms with van der Waals surface area (Å²) in [6.45, 7) is 5.49. The van der Waals surface area contributed by atoms with Crippen LogP contribution < -0.4 is 16.0 Å². The number of piperidine rings is 1. The van der Waals surface area contributed by atoms with Gasteiger partial charge in [-0.2, -0.15) is 0 Å². The highest BCUT2D eigenvalue weighted by Gasteiger charge is 2.22. The number of hydrogen-bond donors (Lipinski definition) is 3. The van der Waals surface area contributed by atoms with Crippen molar-refractivity contribution in [3.63, 3.8) is 0 Å². The van der Waals surface area contributed by atoms with E-state index in [0.29, 0.717) is 17.8 Å². The van der Waals surface area contributed by atoms with E-state index in [1.807, 2.05) is 19.9 Å². The number of nitrogens with one attached hydrogen (secondary N) is 3. The molecule has 1 atom stereocenters. The smallest absolute Gasteiger partial charge is 0.253 e. The average molecular weight is 289 g/mol. The van der Waals surface area contributed by atoms with Gasteiger partial charge in [0.15, 0.2) is 0 Å². The first-order valence-corrected chi connectivity index (χ1v) is 7.49. The number of carbonyl (C=O) groups excluding carboxylic acids is 2. The SMILES string of the molecule is CC(C)NC(=O)c1ccccc1NC(=O)C1CCCNC1. The largest absolute Gasteiger partial charge is 0.350 e. The van der Waals surface area contributed by atoms with Gasteiger partial charge in [-0.3, -0.25) is 9.59 Å². The third-order valence-corrected chi connectivity index (χ3v) is 3.52. The van der Waals surface area contributed by atoms with Gasteiger partial charge in [0.05, 0.1) is 17.2 Å². The summed E-state index contributed by atoms with van der Waals surface area (Å²) in [6, 6.07) is 7.17. The lowest BCUT2D eigenvalue weighted by Gasteiger charge is -2.22. The number of anilines is 1. The van der Waals surface area contributed by atoms with Gasteiger partial charge in [-0.05, 0) is 45.4 Å². The van der Waals surface area contributed by atoms with Crippen molar-refractivity contribution < 1.29 is 9.59 Å². The van der Waals surface area contributed by atoms with Crippen molar-refractivity contribution in [2.24, 2.45) is 5.92 Å². The van der Waals surface area contributed by atoms with Gasteiger partial charge >= 0.3 is 0 Å². The molecule has 21 heavy (non-hydrogen) atoms. The molecule has 1 aliphatic rings. The predicted molar refractivity (Wildman–Crippen MR) is 83.3 cm³/mol. The summed E-state index contributed by atoms with van der Waals surface area (Å²) in [5.41, 5.74) is 1.08. The maximum atomic E-state index is 12.3. The molecule has 1 unspecified atom stereocenters. The second-order valence-corrected chi connectivity index (χ2v) is 5.71. The zero-order chi connectivity index (χ0) is 15.2. The van der Waals surface area contributed by atoms with E-state index in [2.05, 4.69) is 16.0 Å². The summed E-state index contributed by atoms with van der Waals surface area (Å²) in [7, 11) is 0. The molecule has 0 radical (unpaired) electrons. The zero-order valence-electron chi connectivity index (χ0n) is 12.6. The molecule has 1 fully saturated rings. The minimum Gasteiger partial charge on any atom is -0.350 e. The molecule has 0 spiro atoms. The van der Waals surface area contributed by atoms with Crippen molar-refractivity contribution in [3.8, 4) is 0 Å². The van der Waals surface area contributed by atoms with Gasteiger partial charge in [0, 0.05) is 12.6 Å². The Bertz CT molecular complexity index is 508. The minimum atomic E-state index is -0.164. The minimum absolute atomic E-state index is 0.0213. The zero-order valence-corrected chi connectivity index (χ0v) is 12.6. The van der Waals surface area contributed by atoms with E-state index in [1.54, 1.807) is 18.2 Å². The van der Waals surface area contributed by atoms with Crippen molar-refractivity contribution in [2.45, 2.75) is 32.7 Å². The molecule has 1 aromatic carbocycles. The van der Waals surface area contributed by atoms with Gasteiger partial charge < -0.3 is 16.0 Å². The van der Waals surface area contributed by atoms with E-state index in [1.165, 1.54) is 0 Å². The molecule has 5 nitrogen and oxygen atoms in total. The Morgan fingerprint density at radius 3 is 2.71 bits per heavy atom. The van der Waals surface area contributed by atoms with Crippen molar-refractivity contribution in [1.29, 1.82) is 0 Å². The summed E-state index contributed by atoms with van der Waals surface area (Å²) in [6.07, 6.45) is 1.90. The Kier molecular flexibility index (Phi) is 5.33. The van der Waals surface area contributed by atoms with Gasteiger partial charge in [-0.15, -0.1) is 0 Å². The number of hydrogen-bond acceptors (Lipinski definition) is 3. The van der Waals surface area contributed by atoms with Crippen LogP contribution in [0.4, 0.5) is 5.69 Å². The fourth-order valence-corrected chi connectivity index (χ4v) is 2.44. The van der Waals surface area contributed by atoms with E-state index in [0.717, 1.165) is 19.4 Å². The Labute approximate surface area is 125 Å². The van der Waals surface area contributed by atoms with Gasteiger partial charge in [-0.1, -0.05) is 12.1 Å². The second-order valence-electron chi connectivity index (χ2n) is 5.71. The summed E-state index contributed by atoms with van der Waals surface area (Å²) in [5, 5.41) is 8.97. The van der Waals surface area contributed by atoms with Crippen LogP contribution in [0.3, 0.4) is 0 Å². The van der Waals surface area contributed by atoms with Crippen LogP contribution in [-0.4, -0.2) is 30.9 Å². The first kappa shape index (κ1) is 15.5. The first-order valence-electron chi connectivity index (χ1n) is 7.49. The predicted octanol–water partition coefficient (Wildman–Crippen LogP) is 1.76. The van der Waals surface area contributed by atoms with Crippen LogP contribution in [0.1, 0.15) is 37.0 Å². The van der Waals surface area contributed by atoms with E-state index >= 15 is 0 Å². The van der Waals surface area contributed by atoms with Crippen molar-refractivity contribution in [3.05, 3.63) is 29.8 Å². The molecule has 0 bridgehead atoms. The summed E-state index contributed by atoms with van der Waals surface area (Å²) in [5.74, 6) is -0.213. The molecule has 0 saturated carbocycles. The van der Waals surface area contributed by atoms with Gasteiger partial charge in [0.25, 0.3) is 5.91 Å². The van der Waals surface area contributed by atoms with E-state index in [4.69, 9.17) is 0 Å². The molecule has 5 heteroatoms. The Morgan fingerprint density at radius 2 is 2.05 bits per heavy atom. The quantitative estimate of drug-likeness (QED) is 0.791. The molecule has 2 rings (SSSR count). The van der Waals surface area contributed by atoms with E-state index < -0.39 is 0 Å². The van der Waals surface area contributed by atoms with Gasteiger partial charge in [0.2, 0.25) is 5.91 Å². The third-order valence-electron chi connectivity index (χ3n) is 3.52. The molecule has 3 N–H and O–H groups in total. The Hall–Kier alpha value is -1.88. The monoisotopic (exact) mass is 289 g/mol. The van der Waals surface area contributed by atoms with Gasteiger partial charge in [0.1, 0.15) is 0 Å². The number of rotatable bonds is 4. The van der Waals surface area contributed by atoms with Crippen LogP contribution in [0.25, 0.3) is 0 Å². The molecule has 1 aromatic rings. The standard InChI is InChI=1S/C16H23N3O2/c1-11(2)18-16(21)13-7-3-4-8-14(13)19-15(20)12-6-5-9-17-10-12/h3-4,7-8,11-12,17H,5-6,9-10H2,1-2H3,(H,18,21)(H,19,20). The normalized spacial score (nSPS) is 18.3. The van der Waals surface area contributed by atoms with E-state index in [-0.39, 0.29) is 23.8 Å². The van der Waals surface area contributed by atoms with Crippen LogP contribution in [0.5, 0.6) is 0 Å². The Morgan fingerprint density at radius 1 is 1.29 bits per heavy atom. The highest BCUT2D eigenvalue weighted by molar-refractivity contribution is 6.04. The average Bonchev–Trinajstić information content (AvgIpc) is 2.48. The van der Waals surface area contributed by atoms with Crippen molar-refractivity contribution >= 4 is 17.5 Å². The molecule has 2 amide bonds. The lowest BCUT2D eigenvalue weighted by molar-refractivity contribution is -0.120. The second kappa shape index (κ2) is 7.22. The molecule has 0 aliphatic carbocycles. The molecular weight excluding hydrogens is 266 g/mol. The van der Waals surface area contributed by atoms with Crippen LogP contribution in [-0.2, 0) is 4.79 Å². The molecule has 0 aromatic heterocycles. The first-order chi connectivity index (χ1) is 10.1. The van der Waals surface area contributed by atoms with Crippen LogP contribution in [0.15, 0.2) is 24.3 Å². The molecule has 1 saturated heterocycles. The van der Waals surface area contributed by atoms with Gasteiger partial charge in [-0.25, -0.2) is 0 Å². The highest BCUT2D eigenvalue weighted by Crippen LogP contribution is 2.18. The molecule has 1 heterocycles. The summed E-state index contributed by atoms with van der Waals surface area (Å²) in [4.78, 5) is 24.4. The Balaban J connectivity index is 2.08. The topological polar surface area (TPSA) is 70.2 Å². The van der Waals surface area contributed by atoms with Crippen LogP contribution in [0.2, 0.25) is 0 Å². The number of carbonyl (C=O) groups is 2. The molecular formula is C16H23N3O2. The molecule has 1 aliphatic heterocycles. The highest BCUT2D eigenvalue weighted by atomic mass is 16.2. The molecule has 114 valence electrons. The summed E-state index contributed by atoms with van der Waals surface area (Å²) < 4.78 is 0. The fraction of sp³-hybridized carbons (Fsp3) is 0.500. The van der Waals surface area contributed by atoms with Crippen LogP contribution in [0, 0.1) is 5.92 Å². The van der Waals surface area contributed by atoms with E-state index in [9.17, 15) is 9.59 Å². The maximum absolute atomic E-state index is 12.3. The third kappa shape index (κ3) is 4.29. The van der Waals surface area contributed by atoms with Crippen LogP contribution >= 0.6 is 0 Å². The number of para-hydroxylation sites is 1. The van der Waals surface area contributed by atoms with Crippen molar-refractivity contribution in [1.82, 2.24) is 10.6 Å². The number of benzene rings is 1. The summed E-state index contributed by atoms with van der Waals surface area (Å²) >= 11 is 0.